The van der Waals surface area contributed by atoms with E-state index in [1.165, 1.54) is 0 Å². The van der Waals surface area contributed by atoms with Crippen molar-refractivity contribution >= 4 is 17.5 Å². The van der Waals surface area contributed by atoms with Crippen molar-refractivity contribution in [3.63, 3.8) is 0 Å². The van der Waals surface area contributed by atoms with Crippen LogP contribution in [0.3, 0.4) is 0 Å². The largest absolute Gasteiger partial charge is 0.455 e. The Labute approximate surface area is 200 Å². The average Bonchev–Trinajstić information content (AvgIpc) is 3.15. The van der Waals surface area contributed by atoms with E-state index in [1.54, 1.807) is 0 Å². The molecule has 1 aliphatic rings. The minimum atomic E-state index is -0.478. The molecule has 4 rings (SSSR count). The van der Waals surface area contributed by atoms with Crippen molar-refractivity contribution in [2.45, 2.75) is 58.4 Å². The molecule has 176 valence electrons. The van der Waals surface area contributed by atoms with Gasteiger partial charge in [-0.2, -0.15) is 5.10 Å². The normalized spacial score (nSPS) is 14.7. The van der Waals surface area contributed by atoms with E-state index in [4.69, 9.17) is 4.42 Å². The smallest absolute Gasteiger partial charge is 0.287 e. The molecule has 0 fully saturated rings. The first-order valence-electron chi connectivity index (χ1n) is 11.7. The molecule has 2 amide bonds. The van der Waals surface area contributed by atoms with Gasteiger partial charge in [0.15, 0.2) is 5.76 Å². The van der Waals surface area contributed by atoms with Gasteiger partial charge in [0.1, 0.15) is 5.76 Å². The van der Waals surface area contributed by atoms with Crippen molar-refractivity contribution < 1.29 is 14.0 Å². The Kier molecular flexibility index (Phi) is 6.68. The first-order chi connectivity index (χ1) is 16.2. The summed E-state index contributed by atoms with van der Waals surface area (Å²) in [6.45, 7) is 7.67. The van der Waals surface area contributed by atoms with Gasteiger partial charge in [-0.1, -0.05) is 60.7 Å². The lowest BCUT2D eigenvalue weighted by molar-refractivity contribution is -0.121. The van der Waals surface area contributed by atoms with Gasteiger partial charge in [-0.05, 0) is 51.7 Å². The summed E-state index contributed by atoms with van der Waals surface area (Å²) >= 11 is 0. The summed E-state index contributed by atoms with van der Waals surface area (Å²) in [6.07, 6.45) is 2.29. The van der Waals surface area contributed by atoms with Crippen molar-refractivity contribution in [1.82, 2.24) is 10.7 Å². The molecule has 0 saturated carbocycles. The van der Waals surface area contributed by atoms with E-state index in [0.29, 0.717) is 12.2 Å². The van der Waals surface area contributed by atoms with Crippen LogP contribution in [0.1, 0.15) is 78.1 Å². The minimum Gasteiger partial charge on any atom is -0.455 e. The lowest BCUT2D eigenvalue weighted by Gasteiger charge is -2.19. The zero-order valence-corrected chi connectivity index (χ0v) is 20.1. The third-order valence-corrected chi connectivity index (χ3v) is 5.85. The highest BCUT2D eigenvalue weighted by Gasteiger charge is 2.30. The fourth-order valence-corrected chi connectivity index (χ4v) is 4.37. The van der Waals surface area contributed by atoms with Crippen LogP contribution in [0.2, 0.25) is 0 Å². The molecule has 2 N–H and O–H groups in total. The molecule has 0 aliphatic heterocycles. The minimum absolute atomic E-state index is 0.205. The van der Waals surface area contributed by atoms with Crippen molar-refractivity contribution in [3.8, 4) is 0 Å². The quantitative estimate of drug-likeness (QED) is 0.523. The number of aryl methyl sites for hydroxylation is 1. The number of rotatable bonds is 5. The lowest BCUT2D eigenvalue weighted by Crippen LogP contribution is -2.40. The van der Waals surface area contributed by atoms with Crippen LogP contribution in [0.4, 0.5) is 0 Å². The number of benzene rings is 2. The van der Waals surface area contributed by atoms with Gasteiger partial charge in [-0.25, -0.2) is 5.43 Å². The molecule has 0 saturated heterocycles. The van der Waals surface area contributed by atoms with Gasteiger partial charge < -0.3 is 9.73 Å². The Bertz CT molecular complexity index is 1170. The lowest BCUT2D eigenvalue weighted by atomic mass is 9.90. The van der Waals surface area contributed by atoms with Crippen LogP contribution in [-0.4, -0.2) is 23.1 Å². The summed E-state index contributed by atoms with van der Waals surface area (Å²) in [7, 11) is 0. The average molecular weight is 458 g/mol. The predicted molar refractivity (Wildman–Crippen MR) is 133 cm³/mol. The van der Waals surface area contributed by atoms with Gasteiger partial charge in [0.05, 0.1) is 11.6 Å². The molecule has 1 aliphatic carbocycles. The Morgan fingerprint density at radius 3 is 2.09 bits per heavy atom. The van der Waals surface area contributed by atoms with Gasteiger partial charge >= 0.3 is 0 Å². The van der Waals surface area contributed by atoms with Gasteiger partial charge in [0, 0.05) is 23.1 Å². The molecule has 1 heterocycles. The number of hydrazone groups is 1. The molecule has 0 radical (unpaired) electrons. The van der Waals surface area contributed by atoms with Crippen molar-refractivity contribution in [2.24, 2.45) is 5.10 Å². The summed E-state index contributed by atoms with van der Waals surface area (Å²) in [5.41, 5.74) is 6.56. The maximum Gasteiger partial charge on any atom is 0.287 e. The highest BCUT2D eigenvalue weighted by molar-refractivity contribution is 6.07. The molecular formula is C28H31N3O3. The van der Waals surface area contributed by atoms with Gasteiger partial charge in [-0.15, -0.1) is 0 Å². The van der Waals surface area contributed by atoms with E-state index in [1.807, 2.05) is 88.4 Å². The molecule has 34 heavy (non-hydrogen) atoms. The monoisotopic (exact) mass is 457 g/mol. The number of furan rings is 1. The van der Waals surface area contributed by atoms with Crippen LogP contribution in [0.15, 0.2) is 70.2 Å². The summed E-state index contributed by atoms with van der Waals surface area (Å²) in [6, 6.07) is 19.4. The maximum absolute atomic E-state index is 13.3. The van der Waals surface area contributed by atoms with Gasteiger partial charge in [0.2, 0.25) is 0 Å². The zero-order chi connectivity index (χ0) is 24.3. The van der Waals surface area contributed by atoms with Crippen LogP contribution in [0, 0.1) is 6.92 Å². The number of amides is 2. The van der Waals surface area contributed by atoms with Crippen LogP contribution >= 0.6 is 0 Å². The molecule has 0 unspecified atom stereocenters. The molecule has 6 nitrogen and oxygen atoms in total. The second kappa shape index (κ2) is 9.67. The van der Waals surface area contributed by atoms with Gasteiger partial charge in [-0.3, -0.25) is 9.59 Å². The van der Waals surface area contributed by atoms with Crippen LogP contribution in [0.5, 0.6) is 0 Å². The molecule has 1 aromatic heterocycles. The molecule has 0 atom stereocenters. The standard InChI is InChI=1S/C28H31N3O3/c1-18-23-21(16-11-17-22(23)34-25(18)27(33)29-28(2,3)4)30-31-26(32)24(19-12-7-5-8-13-19)20-14-9-6-10-15-20/h5-10,12-15,24H,11,16-17H2,1-4H3,(H,29,33)(H,31,32)/b30-21+. The Morgan fingerprint density at radius 2 is 1.53 bits per heavy atom. The van der Waals surface area contributed by atoms with Crippen molar-refractivity contribution in [3.05, 3.63) is 94.4 Å². The second-order valence-corrected chi connectivity index (χ2v) is 9.70. The predicted octanol–water partition coefficient (Wildman–Crippen LogP) is 5.11. The molecule has 3 aromatic rings. The topological polar surface area (TPSA) is 83.7 Å². The highest BCUT2D eigenvalue weighted by atomic mass is 16.4. The van der Waals surface area contributed by atoms with Crippen LogP contribution in [0.25, 0.3) is 0 Å². The van der Waals surface area contributed by atoms with E-state index < -0.39 is 5.92 Å². The van der Waals surface area contributed by atoms with E-state index in [-0.39, 0.29) is 17.4 Å². The fourth-order valence-electron chi connectivity index (χ4n) is 4.37. The van der Waals surface area contributed by atoms with Gasteiger partial charge in [0.25, 0.3) is 11.8 Å². The Hall–Kier alpha value is -3.67. The van der Waals surface area contributed by atoms with E-state index in [9.17, 15) is 9.59 Å². The summed E-state index contributed by atoms with van der Waals surface area (Å²) in [4.78, 5) is 26.1. The number of hydrogen-bond acceptors (Lipinski definition) is 4. The number of nitrogens with zero attached hydrogens (tertiary/aromatic N) is 1. The number of nitrogens with one attached hydrogen (secondary N) is 2. The summed E-state index contributed by atoms with van der Waals surface area (Å²) in [5.74, 6) is 0.138. The van der Waals surface area contributed by atoms with Crippen LogP contribution < -0.4 is 10.7 Å². The molecule has 0 spiro atoms. The Morgan fingerprint density at radius 1 is 0.941 bits per heavy atom. The maximum atomic E-state index is 13.3. The number of carbonyl (C=O) groups is 2. The molecule has 2 aromatic carbocycles. The van der Waals surface area contributed by atoms with E-state index in [0.717, 1.165) is 46.6 Å². The molecule has 0 bridgehead atoms. The highest BCUT2D eigenvalue weighted by Crippen LogP contribution is 2.30. The van der Waals surface area contributed by atoms with Crippen molar-refractivity contribution in [1.29, 1.82) is 0 Å². The number of fused-ring (bicyclic) bond motifs is 1. The van der Waals surface area contributed by atoms with E-state index >= 15 is 0 Å². The SMILES string of the molecule is Cc1c(C(=O)NC(C)(C)C)oc2c1/C(=N/NC(=O)C(c1ccccc1)c1ccccc1)CCC2. The summed E-state index contributed by atoms with van der Waals surface area (Å²) in [5, 5.41) is 7.49. The third-order valence-electron chi connectivity index (χ3n) is 5.85. The number of hydrogen-bond donors (Lipinski definition) is 2. The third kappa shape index (κ3) is 5.11. The number of carbonyl (C=O) groups excluding carboxylic acids is 2. The van der Waals surface area contributed by atoms with E-state index in [2.05, 4.69) is 15.8 Å². The first kappa shape index (κ1) is 23.5. The second-order valence-electron chi connectivity index (χ2n) is 9.70. The van der Waals surface area contributed by atoms with Crippen LogP contribution in [-0.2, 0) is 11.2 Å². The first-order valence-corrected chi connectivity index (χ1v) is 11.7. The van der Waals surface area contributed by atoms with Crippen molar-refractivity contribution in [2.75, 3.05) is 0 Å². The molecule has 6 heteroatoms. The summed E-state index contributed by atoms with van der Waals surface area (Å²) < 4.78 is 5.96. The fraction of sp³-hybridized carbons (Fsp3) is 0.321. The Balaban J connectivity index is 1.62. The zero-order valence-electron chi connectivity index (χ0n) is 20.1. The molecular weight excluding hydrogens is 426 g/mol.